The Labute approximate surface area is 172 Å². The van der Waals surface area contributed by atoms with Crippen molar-refractivity contribution in [1.29, 1.82) is 0 Å². The van der Waals surface area contributed by atoms with E-state index in [1.807, 2.05) is 6.92 Å². The second-order valence-corrected chi connectivity index (χ2v) is 6.53. The number of carboxylic acids is 1. The third kappa shape index (κ3) is 3.57. The van der Waals surface area contributed by atoms with Crippen molar-refractivity contribution in [3.63, 3.8) is 0 Å². The number of ether oxygens (including phenoxy) is 2. The Hall–Kier alpha value is -3.88. The predicted molar refractivity (Wildman–Crippen MR) is 107 cm³/mol. The summed E-state index contributed by atoms with van der Waals surface area (Å²) in [5.74, 6) is -2.31. The summed E-state index contributed by atoms with van der Waals surface area (Å²) >= 11 is 0. The number of rotatable bonds is 7. The van der Waals surface area contributed by atoms with Gasteiger partial charge in [-0.2, -0.15) is 0 Å². The summed E-state index contributed by atoms with van der Waals surface area (Å²) in [5, 5.41) is 12.0. The van der Waals surface area contributed by atoms with E-state index in [4.69, 9.17) is 9.47 Å². The number of fused-ring (bicyclic) bond motifs is 1. The van der Waals surface area contributed by atoms with Gasteiger partial charge in [-0.15, -0.1) is 0 Å². The van der Waals surface area contributed by atoms with Gasteiger partial charge in [-0.3, -0.25) is 19.3 Å². The molecule has 0 radical (unpaired) electrons. The Morgan fingerprint density at radius 2 is 1.63 bits per heavy atom. The maximum atomic E-state index is 12.8. The van der Waals surface area contributed by atoms with Crippen LogP contribution in [0.3, 0.4) is 0 Å². The highest BCUT2D eigenvalue weighted by atomic mass is 16.5. The number of carbonyl (C=O) groups excluding carboxylic acids is 3. The number of anilines is 1. The molecule has 0 atom stereocenters. The molecule has 0 fully saturated rings. The van der Waals surface area contributed by atoms with Gasteiger partial charge in [0.15, 0.2) is 11.5 Å². The minimum atomic E-state index is -1.27. The molecular weight excluding hydrogens is 392 g/mol. The third-order valence-electron chi connectivity index (χ3n) is 4.68. The van der Waals surface area contributed by atoms with Crippen molar-refractivity contribution in [3.8, 4) is 11.5 Å². The summed E-state index contributed by atoms with van der Waals surface area (Å²) in [6.45, 7) is 2.15. The van der Waals surface area contributed by atoms with Crippen molar-refractivity contribution in [2.45, 2.75) is 13.3 Å². The van der Waals surface area contributed by atoms with Gasteiger partial charge in [0.2, 0.25) is 0 Å². The van der Waals surface area contributed by atoms with Crippen LogP contribution in [0.5, 0.6) is 11.5 Å². The Balaban J connectivity index is 1.94. The molecule has 9 heteroatoms. The number of hydrogen-bond donors (Lipinski definition) is 2. The molecule has 0 saturated carbocycles. The van der Waals surface area contributed by atoms with Crippen molar-refractivity contribution in [2.75, 3.05) is 26.1 Å². The Bertz CT molecular complexity index is 1060. The van der Waals surface area contributed by atoms with Crippen molar-refractivity contribution in [1.82, 2.24) is 4.90 Å². The maximum absolute atomic E-state index is 12.8. The van der Waals surface area contributed by atoms with E-state index in [0.717, 1.165) is 4.90 Å². The third-order valence-corrected chi connectivity index (χ3v) is 4.68. The number of methoxy groups -OCH3 is 2. The van der Waals surface area contributed by atoms with Gasteiger partial charge in [0.25, 0.3) is 17.7 Å². The summed E-state index contributed by atoms with van der Waals surface area (Å²) in [7, 11) is 2.75. The first-order valence-corrected chi connectivity index (χ1v) is 9.13. The van der Waals surface area contributed by atoms with E-state index in [0.29, 0.717) is 13.0 Å². The molecule has 0 aromatic heterocycles. The van der Waals surface area contributed by atoms with Crippen LogP contribution in [0, 0.1) is 0 Å². The molecule has 1 aliphatic rings. The Kier molecular flexibility index (Phi) is 5.72. The lowest BCUT2D eigenvalue weighted by Gasteiger charge is -2.14. The van der Waals surface area contributed by atoms with Gasteiger partial charge in [-0.05, 0) is 24.6 Å². The van der Waals surface area contributed by atoms with Crippen molar-refractivity contribution < 1.29 is 33.8 Å². The summed E-state index contributed by atoms with van der Waals surface area (Å²) in [6, 6.07) is 6.75. The van der Waals surface area contributed by atoms with Gasteiger partial charge in [0.05, 0.1) is 36.6 Å². The van der Waals surface area contributed by atoms with Crippen LogP contribution in [0.2, 0.25) is 0 Å². The van der Waals surface area contributed by atoms with Gasteiger partial charge in [-0.25, -0.2) is 4.79 Å². The molecule has 30 heavy (non-hydrogen) atoms. The first-order chi connectivity index (χ1) is 14.3. The summed E-state index contributed by atoms with van der Waals surface area (Å²) in [6.07, 6.45) is 0.621. The molecule has 156 valence electrons. The van der Waals surface area contributed by atoms with Crippen molar-refractivity contribution in [2.24, 2.45) is 0 Å². The first-order valence-electron chi connectivity index (χ1n) is 9.13. The van der Waals surface area contributed by atoms with Gasteiger partial charge in [0, 0.05) is 24.2 Å². The summed E-state index contributed by atoms with van der Waals surface area (Å²) in [5.41, 5.74) is 0.303. The molecule has 2 N–H and O–H groups in total. The van der Waals surface area contributed by atoms with Gasteiger partial charge < -0.3 is 19.9 Å². The van der Waals surface area contributed by atoms with Gasteiger partial charge in [-0.1, -0.05) is 6.92 Å². The number of imide groups is 1. The van der Waals surface area contributed by atoms with Crippen LogP contribution in [0.4, 0.5) is 5.69 Å². The lowest BCUT2D eigenvalue weighted by Crippen LogP contribution is -2.30. The molecular formula is C21H20N2O7. The Morgan fingerprint density at radius 3 is 2.23 bits per heavy atom. The first kappa shape index (κ1) is 20.8. The highest BCUT2D eigenvalue weighted by Crippen LogP contribution is 2.34. The number of aromatic carboxylic acids is 1. The second kappa shape index (κ2) is 8.24. The molecule has 0 aliphatic carbocycles. The number of carboxylic acid groups (broad SMARTS) is 1. The SMILES string of the molecule is CCCN1C(=O)c2ccc(C(=O)Nc3cc(OC)c(OC)cc3C(=O)O)cc2C1=O. The van der Waals surface area contributed by atoms with Gasteiger partial charge in [0.1, 0.15) is 0 Å². The second-order valence-electron chi connectivity index (χ2n) is 6.53. The average molecular weight is 412 g/mol. The zero-order valence-electron chi connectivity index (χ0n) is 16.6. The van der Waals surface area contributed by atoms with Crippen LogP contribution in [0.1, 0.15) is 54.8 Å². The van der Waals surface area contributed by atoms with Crippen molar-refractivity contribution >= 4 is 29.4 Å². The zero-order valence-corrected chi connectivity index (χ0v) is 16.6. The normalized spacial score (nSPS) is 12.6. The molecule has 3 rings (SSSR count). The molecule has 3 amide bonds. The van der Waals surface area contributed by atoms with E-state index in [2.05, 4.69) is 5.32 Å². The molecule has 0 bridgehead atoms. The van der Waals surface area contributed by atoms with E-state index in [1.54, 1.807) is 0 Å². The van der Waals surface area contributed by atoms with Crippen LogP contribution >= 0.6 is 0 Å². The fraction of sp³-hybridized carbons (Fsp3) is 0.238. The van der Waals surface area contributed by atoms with Crippen molar-refractivity contribution in [3.05, 3.63) is 52.6 Å². The average Bonchev–Trinajstić information content (AvgIpc) is 2.97. The molecule has 1 aliphatic heterocycles. The van der Waals surface area contributed by atoms with E-state index < -0.39 is 23.7 Å². The zero-order chi connectivity index (χ0) is 22.0. The molecule has 9 nitrogen and oxygen atoms in total. The summed E-state index contributed by atoms with van der Waals surface area (Å²) < 4.78 is 10.3. The lowest BCUT2D eigenvalue weighted by atomic mass is 10.0. The van der Waals surface area contributed by atoms with Crippen LogP contribution in [0.25, 0.3) is 0 Å². The predicted octanol–water partition coefficient (Wildman–Crippen LogP) is 2.66. The monoisotopic (exact) mass is 412 g/mol. The fourth-order valence-corrected chi connectivity index (χ4v) is 3.21. The number of nitrogens with one attached hydrogen (secondary N) is 1. The quantitative estimate of drug-likeness (QED) is 0.670. The molecule has 2 aromatic carbocycles. The van der Waals surface area contributed by atoms with Crippen LogP contribution in [-0.4, -0.2) is 54.5 Å². The van der Waals surface area contributed by atoms with E-state index >= 15 is 0 Å². The highest BCUT2D eigenvalue weighted by Gasteiger charge is 2.35. The van der Waals surface area contributed by atoms with Gasteiger partial charge >= 0.3 is 5.97 Å². The maximum Gasteiger partial charge on any atom is 0.337 e. The van der Waals surface area contributed by atoms with Crippen LogP contribution in [-0.2, 0) is 0 Å². The number of carbonyl (C=O) groups is 4. The fourth-order valence-electron chi connectivity index (χ4n) is 3.21. The number of hydrogen-bond acceptors (Lipinski definition) is 6. The molecule has 0 unspecified atom stereocenters. The van der Waals surface area contributed by atoms with E-state index in [-0.39, 0.29) is 39.4 Å². The molecule has 0 saturated heterocycles. The minimum absolute atomic E-state index is 0.000612. The molecule has 2 aromatic rings. The largest absolute Gasteiger partial charge is 0.493 e. The summed E-state index contributed by atoms with van der Waals surface area (Å²) in [4.78, 5) is 50.3. The van der Waals surface area contributed by atoms with Crippen LogP contribution in [0.15, 0.2) is 30.3 Å². The Morgan fingerprint density at radius 1 is 1.00 bits per heavy atom. The number of nitrogens with zero attached hydrogens (tertiary/aromatic N) is 1. The topological polar surface area (TPSA) is 122 Å². The minimum Gasteiger partial charge on any atom is -0.493 e. The number of amides is 3. The van der Waals surface area contributed by atoms with E-state index in [1.165, 1.54) is 44.6 Å². The number of benzene rings is 2. The molecule has 0 spiro atoms. The smallest absolute Gasteiger partial charge is 0.337 e. The lowest BCUT2D eigenvalue weighted by molar-refractivity contribution is 0.0650. The highest BCUT2D eigenvalue weighted by molar-refractivity contribution is 6.22. The standard InChI is InChI=1S/C21H20N2O7/c1-4-7-23-19(25)12-6-5-11(8-13(12)20(23)26)18(24)22-15-10-17(30-3)16(29-2)9-14(15)21(27)28/h5-6,8-10H,4,7H2,1-3H3,(H,22,24)(H,27,28). The molecule has 1 heterocycles. The van der Waals surface area contributed by atoms with Crippen LogP contribution < -0.4 is 14.8 Å². The van der Waals surface area contributed by atoms with E-state index in [9.17, 15) is 24.3 Å².